The van der Waals surface area contributed by atoms with Crippen LogP contribution in [0.5, 0.6) is 0 Å². The molecule has 0 unspecified atom stereocenters. The van der Waals surface area contributed by atoms with Gasteiger partial charge in [0.15, 0.2) is 0 Å². The van der Waals surface area contributed by atoms with Crippen molar-refractivity contribution in [2.75, 3.05) is 26.7 Å². The average molecular weight is 366 g/mol. The quantitative estimate of drug-likeness (QED) is 0.522. The molecule has 0 aliphatic heterocycles. The maximum absolute atomic E-state index is 6.20. The molecule has 1 heterocycles. The van der Waals surface area contributed by atoms with Crippen molar-refractivity contribution >= 4 is 22.6 Å². The molecule has 0 bridgehead atoms. The summed E-state index contributed by atoms with van der Waals surface area (Å²) in [6.45, 7) is 9.54. The average Bonchev–Trinajstić information content (AvgIpc) is 2.94. The van der Waals surface area contributed by atoms with Crippen LogP contribution in [-0.4, -0.2) is 41.2 Å². The molecule has 140 valence electrons. The lowest BCUT2D eigenvalue weighted by molar-refractivity contribution is 0.174. The highest BCUT2D eigenvalue weighted by Crippen LogP contribution is 2.21. The van der Waals surface area contributed by atoms with Crippen molar-refractivity contribution in [3.05, 3.63) is 29.0 Å². The van der Waals surface area contributed by atoms with Gasteiger partial charge in [0.2, 0.25) is 0 Å². The van der Waals surface area contributed by atoms with Gasteiger partial charge in [0.05, 0.1) is 11.0 Å². The van der Waals surface area contributed by atoms with E-state index in [2.05, 4.69) is 23.3 Å². The van der Waals surface area contributed by atoms with Gasteiger partial charge in [0.1, 0.15) is 12.4 Å². The fourth-order valence-corrected chi connectivity index (χ4v) is 3.35. The van der Waals surface area contributed by atoms with E-state index in [-0.39, 0.29) is 0 Å². The third-order valence-electron chi connectivity index (χ3n) is 4.57. The number of unbranched alkanes of at least 4 members (excludes halogenated alkanes) is 2. The predicted octanol–water partition coefficient (Wildman–Crippen LogP) is 5.13. The number of methoxy groups -OCH3 is 1. The topological polar surface area (TPSA) is 30.3 Å². The zero-order chi connectivity index (χ0) is 18.1. The van der Waals surface area contributed by atoms with E-state index in [4.69, 9.17) is 21.3 Å². The number of imidazole rings is 1. The monoisotopic (exact) mass is 365 g/mol. The Morgan fingerprint density at radius 3 is 2.40 bits per heavy atom. The molecule has 0 amide bonds. The molecule has 0 aliphatic carbocycles. The minimum Gasteiger partial charge on any atom is -0.377 e. The smallest absolute Gasteiger partial charge is 0.135 e. The van der Waals surface area contributed by atoms with Crippen molar-refractivity contribution in [3.63, 3.8) is 0 Å². The van der Waals surface area contributed by atoms with Crippen LogP contribution in [0.3, 0.4) is 0 Å². The normalized spacial score (nSPS) is 11.7. The molecule has 0 N–H and O–H groups in total. The summed E-state index contributed by atoms with van der Waals surface area (Å²) < 4.78 is 7.60. The molecule has 0 saturated heterocycles. The lowest BCUT2D eigenvalue weighted by Crippen LogP contribution is -2.28. The van der Waals surface area contributed by atoms with Gasteiger partial charge in [-0.3, -0.25) is 0 Å². The first-order chi connectivity index (χ1) is 12.2. The van der Waals surface area contributed by atoms with Crippen molar-refractivity contribution in [2.45, 2.75) is 59.1 Å². The molecule has 2 aromatic rings. The van der Waals surface area contributed by atoms with Gasteiger partial charge in [-0.2, -0.15) is 0 Å². The molecule has 1 aromatic carbocycles. The molecule has 0 spiro atoms. The zero-order valence-electron chi connectivity index (χ0n) is 15.9. The highest BCUT2D eigenvalue weighted by Gasteiger charge is 2.12. The van der Waals surface area contributed by atoms with Crippen LogP contribution >= 0.6 is 11.6 Å². The molecule has 1 aromatic heterocycles. The molecule has 5 heteroatoms. The summed E-state index contributed by atoms with van der Waals surface area (Å²) in [7, 11) is 1.72. The van der Waals surface area contributed by atoms with Gasteiger partial charge in [0, 0.05) is 18.7 Å². The Labute approximate surface area is 157 Å². The second kappa shape index (κ2) is 10.8. The fraction of sp³-hybridized carbons (Fsp3) is 0.650. The minimum atomic E-state index is 0.529. The number of hydrogen-bond donors (Lipinski definition) is 0. The van der Waals surface area contributed by atoms with Crippen LogP contribution < -0.4 is 0 Å². The first-order valence-electron chi connectivity index (χ1n) is 9.55. The number of hydrogen-bond acceptors (Lipinski definition) is 3. The number of aromatic nitrogens is 2. The number of aryl methyl sites for hydroxylation is 1. The maximum Gasteiger partial charge on any atom is 0.135 e. The molecule has 25 heavy (non-hydrogen) atoms. The van der Waals surface area contributed by atoms with Crippen molar-refractivity contribution < 1.29 is 4.74 Å². The second-order valence-corrected chi connectivity index (χ2v) is 7.08. The molecule has 0 radical (unpaired) electrons. The molecule has 0 atom stereocenters. The van der Waals surface area contributed by atoms with Gasteiger partial charge < -0.3 is 14.2 Å². The van der Waals surface area contributed by atoms with Crippen molar-refractivity contribution in [1.29, 1.82) is 0 Å². The van der Waals surface area contributed by atoms with Gasteiger partial charge in [-0.15, -0.1) is 0 Å². The Hall–Kier alpha value is -1.10. The fourth-order valence-electron chi connectivity index (χ4n) is 3.19. The lowest BCUT2D eigenvalue weighted by Gasteiger charge is -2.22. The Morgan fingerprint density at radius 1 is 1.08 bits per heavy atom. The summed E-state index contributed by atoms with van der Waals surface area (Å²) in [6.07, 6.45) is 6.18. The van der Waals surface area contributed by atoms with E-state index >= 15 is 0 Å². The number of nitrogens with zero attached hydrogens (tertiary/aromatic N) is 3. The van der Waals surface area contributed by atoms with Gasteiger partial charge in [0.25, 0.3) is 0 Å². The lowest BCUT2D eigenvalue weighted by atomic mass is 10.2. The summed E-state index contributed by atoms with van der Waals surface area (Å²) in [5, 5.41) is 0.755. The SMILES string of the molecule is CCCCN(CCCC)CCCn1c(COC)nc2ccc(Cl)cc21. The molecule has 0 fully saturated rings. The Bertz CT molecular complexity index is 633. The van der Waals surface area contributed by atoms with Gasteiger partial charge in [-0.25, -0.2) is 4.98 Å². The van der Waals surface area contributed by atoms with Crippen molar-refractivity contribution in [2.24, 2.45) is 0 Å². The Morgan fingerprint density at radius 2 is 1.76 bits per heavy atom. The van der Waals surface area contributed by atoms with Crippen LogP contribution in [0.4, 0.5) is 0 Å². The number of benzene rings is 1. The highest BCUT2D eigenvalue weighted by molar-refractivity contribution is 6.31. The van der Waals surface area contributed by atoms with Crippen molar-refractivity contribution in [1.82, 2.24) is 14.5 Å². The Kier molecular flexibility index (Phi) is 8.73. The third kappa shape index (κ3) is 5.98. The van der Waals surface area contributed by atoms with E-state index < -0.39 is 0 Å². The van der Waals surface area contributed by atoms with Gasteiger partial charge in [-0.1, -0.05) is 38.3 Å². The largest absolute Gasteiger partial charge is 0.377 e. The Balaban J connectivity index is 2.04. The second-order valence-electron chi connectivity index (χ2n) is 6.65. The van der Waals surface area contributed by atoms with Gasteiger partial charge in [-0.05, 0) is 57.1 Å². The van der Waals surface area contributed by atoms with E-state index in [0.717, 1.165) is 41.4 Å². The van der Waals surface area contributed by atoms with E-state index in [9.17, 15) is 0 Å². The van der Waals surface area contributed by atoms with Gasteiger partial charge >= 0.3 is 0 Å². The molecule has 0 saturated carbocycles. The number of ether oxygens (including phenoxy) is 1. The van der Waals surface area contributed by atoms with Crippen molar-refractivity contribution in [3.8, 4) is 0 Å². The zero-order valence-corrected chi connectivity index (χ0v) is 16.7. The summed E-state index contributed by atoms with van der Waals surface area (Å²) in [5.74, 6) is 0.980. The van der Waals surface area contributed by atoms with E-state index in [0.29, 0.717) is 6.61 Å². The molecule has 4 nitrogen and oxygen atoms in total. The summed E-state index contributed by atoms with van der Waals surface area (Å²) >= 11 is 6.20. The third-order valence-corrected chi connectivity index (χ3v) is 4.81. The van der Waals surface area contributed by atoms with E-state index in [1.54, 1.807) is 7.11 Å². The predicted molar refractivity (Wildman–Crippen MR) is 106 cm³/mol. The van der Waals surface area contributed by atoms with Crippen LogP contribution in [0, 0.1) is 0 Å². The molecule has 0 aliphatic rings. The van der Waals surface area contributed by atoms with E-state index in [1.807, 2.05) is 18.2 Å². The maximum atomic E-state index is 6.20. The minimum absolute atomic E-state index is 0.529. The number of halogens is 1. The van der Waals surface area contributed by atoms with Crippen LogP contribution in [0.1, 0.15) is 51.8 Å². The number of rotatable bonds is 12. The molecular weight excluding hydrogens is 334 g/mol. The summed E-state index contributed by atoms with van der Waals surface area (Å²) in [4.78, 5) is 7.31. The van der Waals surface area contributed by atoms with Crippen LogP contribution in [0.25, 0.3) is 11.0 Å². The first kappa shape index (κ1) is 20.2. The van der Waals surface area contributed by atoms with E-state index in [1.165, 1.54) is 38.8 Å². The number of fused-ring (bicyclic) bond motifs is 1. The highest BCUT2D eigenvalue weighted by atomic mass is 35.5. The molecular formula is C20H32ClN3O. The summed E-state index contributed by atoms with van der Waals surface area (Å²) in [5.41, 5.74) is 2.10. The van der Waals surface area contributed by atoms with Crippen LogP contribution in [-0.2, 0) is 17.9 Å². The first-order valence-corrected chi connectivity index (χ1v) is 9.93. The van der Waals surface area contributed by atoms with Crippen LogP contribution in [0.2, 0.25) is 5.02 Å². The molecule has 2 rings (SSSR count). The van der Waals surface area contributed by atoms with Crippen LogP contribution in [0.15, 0.2) is 18.2 Å². The standard InChI is InChI=1S/C20H32ClN3O/c1-4-6-11-23(12-7-5-2)13-8-14-24-19-15-17(21)9-10-18(19)22-20(24)16-25-3/h9-10,15H,4-8,11-14,16H2,1-3H3. The summed E-state index contributed by atoms with van der Waals surface area (Å²) in [6, 6.07) is 5.89.